The summed E-state index contributed by atoms with van der Waals surface area (Å²) in [7, 11) is 7.20. The number of aromatic nitrogens is 1. The zero-order chi connectivity index (χ0) is 19.4. The number of rotatable bonds is 7. The van der Waals surface area contributed by atoms with Gasteiger partial charge in [0.1, 0.15) is 11.5 Å². The Labute approximate surface area is 164 Å². The molecule has 2 aromatic rings. The first-order chi connectivity index (χ1) is 13.0. The second-order valence-corrected chi connectivity index (χ2v) is 8.10. The minimum atomic E-state index is -0.0118. The van der Waals surface area contributed by atoms with Crippen molar-refractivity contribution in [3.63, 3.8) is 0 Å². The predicted octanol–water partition coefficient (Wildman–Crippen LogP) is 3.32. The Hall–Kier alpha value is -2.12. The Balaban J connectivity index is 1.69. The van der Waals surface area contributed by atoms with Gasteiger partial charge >= 0.3 is 0 Å². The second kappa shape index (κ2) is 8.71. The Morgan fingerprint density at radius 1 is 1.33 bits per heavy atom. The van der Waals surface area contributed by atoms with Crippen LogP contribution in [0.2, 0.25) is 0 Å². The number of Topliss-reactive ketones (excluding diaryl/α,β-unsaturated/α-hetero) is 1. The lowest BCUT2D eigenvalue weighted by molar-refractivity contribution is 0.0809. The molecule has 1 aliphatic rings. The monoisotopic (exact) mass is 389 g/mol. The maximum atomic E-state index is 13.1. The normalized spacial score (nSPS) is 17.6. The third kappa shape index (κ3) is 4.59. The molecular formula is C20H27N3O3S. The first-order valence-electron chi connectivity index (χ1n) is 9.12. The van der Waals surface area contributed by atoms with Crippen molar-refractivity contribution in [1.82, 2.24) is 9.88 Å². The van der Waals surface area contributed by atoms with Crippen LogP contribution < -0.4 is 14.4 Å². The van der Waals surface area contributed by atoms with Crippen LogP contribution in [0.3, 0.4) is 0 Å². The number of likely N-dealkylation sites (tertiary alicyclic amines) is 1. The highest BCUT2D eigenvalue weighted by atomic mass is 32.1. The highest BCUT2D eigenvalue weighted by Crippen LogP contribution is 2.30. The molecule has 0 aliphatic carbocycles. The molecule has 6 nitrogen and oxygen atoms in total. The van der Waals surface area contributed by atoms with Gasteiger partial charge in [0.25, 0.3) is 0 Å². The molecule has 2 heterocycles. The minimum Gasteiger partial charge on any atom is -0.497 e. The summed E-state index contributed by atoms with van der Waals surface area (Å²) in [5, 5.41) is 1.01. The zero-order valence-corrected chi connectivity index (χ0v) is 17.2. The van der Waals surface area contributed by atoms with Gasteiger partial charge in [-0.05, 0) is 31.5 Å². The van der Waals surface area contributed by atoms with E-state index in [1.54, 1.807) is 31.6 Å². The summed E-state index contributed by atoms with van der Waals surface area (Å²) in [6.07, 6.45) is 3.88. The van der Waals surface area contributed by atoms with E-state index in [9.17, 15) is 4.79 Å². The van der Waals surface area contributed by atoms with Crippen molar-refractivity contribution >= 4 is 22.3 Å². The van der Waals surface area contributed by atoms with E-state index < -0.39 is 0 Å². The molecule has 1 atom stereocenters. The number of carbonyl (C=O) groups excluding carboxylic acids is 1. The number of methoxy groups -OCH3 is 2. The molecule has 0 N–H and O–H groups in total. The number of carbonyl (C=O) groups is 1. The lowest BCUT2D eigenvalue weighted by Crippen LogP contribution is -2.38. The summed E-state index contributed by atoms with van der Waals surface area (Å²) in [6.45, 7) is 2.62. The SMILES string of the molecule is COc1ccc(C(=O)C2CCCN(Cc3cnc(N(C)C)s3)C2)c(OC)c1. The van der Waals surface area contributed by atoms with Crippen molar-refractivity contribution in [3.8, 4) is 11.5 Å². The van der Waals surface area contributed by atoms with E-state index in [0.29, 0.717) is 17.1 Å². The first-order valence-corrected chi connectivity index (χ1v) is 9.94. The molecule has 1 aliphatic heterocycles. The summed E-state index contributed by atoms with van der Waals surface area (Å²) < 4.78 is 10.7. The average Bonchev–Trinajstić information content (AvgIpc) is 3.16. The molecule has 1 unspecified atom stereocenters. The number of anilines is 1. The van der Waals surface area contributed by atoms with Crippen molar-refractivity contribution in [2.75, 3.05) is 46.3 Å². The molecule has 27 heavy (non-hydrogen) atoms. The van der Waals surface area contributed by atoms with Crippen LogP contribution in [0, 0.1) is 5.92 Å². The molecule has 0 saturated carbocycles. The Kier molecular flexibility index (Phi) is 6.34. The lowest BCUT2D eigenvalue weighted by atomic mass is 9.89. The van der Waals surface area contributed by atoms with Gasteiger partial charge in [-0.15, -0.1) is 11.3 Å². The molecule has 1 fully saturated rings. The summed E-state index contributed by atoms with van der Waals surface area (Å²) in [5.74, 6) is 1.41. The smallest absolute Gasteiger partial charge is 0.185 e. The summed E-state index contributed by atoms with van der Waals surface area (Å²) in [4.78, 5) is 23.2. The highest BCUT2D eigenvalue weighted by molar-refractivity contribution is 7.15. The molecule has 7 heteroatoms. The number of hydrogen-bond donors (Lipinski definition) is 0. The van der Waals surface area contributed by atoms with Crippen LogP contribution in [0.1, 0.15) is 28.1 Å². The van der Waals surface area contributed by atoms with Crippen molar-refractivity contribution in [3.05, 3.63) is 34.8 Å². The van der Waals surface area contributed by atoms with Crippen LogP contribution in [0.4, 0.5) is 5.13 Å². The van der Waals surface area contributed by atoms with Crippen molar-refractivity contribution in [2.24, 2.45) is 5.92 Å². The number of ketones is 1. The number of nitrogens with zero attached hydrogens (tertiary/aromatic N) is 3. The van der Waals surface area contributed by atoms with E-state index in [4.69, 9.17) is 9.47 Å². The molecular weight excluding hydrogens is 362 g/mol. The van der Waals surface area contributed by atoms with Gasteiger partial charge in [-0.1, -0.05) is 0 Å². The molecule has 3 rings (SSSR count). The summed E-state index contributed by atoms with van der Waals surface area (Å²) in [5.41, 5.74) is 0.637. The topological polar surface area (TPSA) is 54.9 Å². The molecule has 0 radical (unpaired) electrons. The lowest BCUT2D eigenvalue weighted by Gasteiger charge is -2.31. The predicted molar refractivity (Wildman–Crippen MR) is 108 cm³/mol. The van der Waals surface area contributed by atoms with Gasteiger partial charge in [-0.3, -0.25) is 9.69 Å². The number of piperidine rings is 1. The molecule has 0 spiro atoms. The molecule has 0 bridgehead atoms. The summed E-state index contributed by atoms with van der Waals surface area (Å²) in [6, 6.07) is 5.40. The third-order valence-electron chi connectivity index (χ3n) is 4.85. The number of thiazole rings is 1. The van der Waals surface area contributed by atoms with Crippen LogP contribution in [0.5, 0.6) is 11.5 Å². The van der Waals surface area contributed by atoms with Gasteiger partial charge in [-0.25, -0.2) is 4.98 Å². The minimum absolute atomic E-state index is 0.0118. The number of ether oxygens (including phenoxy) is 2. The Morgan fingerprint density at radius 3 is 2.81 bits per heavy atom. The number of hydrogen-bond acceptors (Lipinski definition) is 7. The molecule has 0 amide bonds. The van der Waals surface area contributed by atoms with Gasteiger partial charge in [0.2, 0.25) is 0 Å². The third-order valence-corrected chi connectivity index (χ3v) is 6.00. The maximum Gasteiger partial charge on any atom is 0.185 e. The van der Waals surface area contributed by atoms with E-state index in [0.717, 1.165) is 37.6 Å². The van der Waals surface area contributed by atoms with E-state index in [2.05, 4.69) is 9.88 Å². The maximum absolute atomic E-state index is 13.1. The number of benzene rings is 1. The average molecular weight is 390 g/mol. The quantitative estimate of drug-likeness (QED) is 0.677. The van der Waals surface area contributed by atoms with Gasteiger partial charge in [-0.2, -0.15) is 0 Å². The summed E-state index contributed by atoms with van der Waals surface area (Å²) >= 11 is 1.71. The van der Waals surface area contributed by atoms with E-state index in [-0.39, 0.29) is 11.7 Å². The van der Waals surface area contributed by atoms with Gasteiger partial charge in [0, 0.05) is 50.2 Å². The van der Waals surface area contributed by atoms with Crippen LogP contribution >= 0.6 is 11.3 Å². The molecule has 146 valence electrons. The van der Waals surface area contributed by atoms with Crippen molar-refractivity contribution < 1.29 is 14.3 Å². The van der Waals surface area contributed by atoms with E-state index in [1.165, 1.54) is 4.88 Å². The fourth-order valence-electron chi connectivity index (χ4n) is 3.43. The van der Waals surface area contributed by atoms with Crippen LogP contribution in [-0.2, 0) is 6.54 Å². The Morgan fingerprint density at radius 2 is 2.15 bits per heavy atom. The van der Waals surface area contributed by atoms with Gasteiger partial charge in [0.05, 0.1) is 19.8 Å². The fourth-order valence-corrected chi connectivity index (χ4v) is 4.31. The van der Waals surface area contributed by atoms with Crippen molar-refractivity contribution in [1.29, 1.82) is 0 Å². The largest absolute Gasteiger partial charge is 0.497 e. The van der Waals surface area contributed by atoms with Crippen LogP contribution in [0.25, 0.3) is 0 Å². The second-order valence-electron chi connectivity index (χ2n) is 7.01. The molecule has 1 saturated heterocycles. The zero-order valence-electron chi connectivity index (χ0n) is 16.4. The highest BCUT2D eigenvalue weighted by Gasteiger charge is 2.28. The fraction of sp³-hybridized carbons (Fsp3) is 0.500. The molecule has 1 aromatic carbocycles. The molecule has 1 aromatic heterocycles. The first kappa shape index (κ1) is 19.6. The standard InChI is InChI=1S/C20H27N3O3S/c1-22(2)20-21-11-16(27-20)13-23-9-5-6-14(12-23)19(24)17-8-7-15(25-3)10-18(17)26-4/h7-8,10-11,14H,5-6,9,12-13H2,1-4H3. The van der Waals surface area contributed by atoms with E-state index in [1.807, 2.05) is 37.3 Å². The van der Waals surface area contributed by atoms with Gasteiger partial charge in [0.15, 0.2) is 10.9 Å². The Bertz CT molecular complexity index is 791. The van der Waals surface area contributed by atoms with E-state index >= 15 is 0 Å². The van der Waals surface area contributed by atoms with Crippen LogP contribution in [0.15, 0.2) is 24.4 Å². The van der Waals surface area contributed by atoms with Crippen LogP contribution in [-0.4, -0.2) is 57.1 Å². The van der Waals surface area contributed by atoms with Crippen molar-refractivity contribution in [2.45, 2.75) is 19.4 Å². The van der Waals surface area contributed by atoms with Gasteiger partial charge < -0.3 is 14.4 Å².